The second-order valence-electron chi connectivity index (χ2n) is 5.19. The molecular weight excluding hydrogens is 360 g/mol. The van der Waals surface area contributed by atoms with Crippen molar-refractivity contribution >= 4 is 50.1 Å². The molecule has 3 rings (SSSR count). The van der Waals surface area contributed by atoms with Crippen molar-refractivity contribution in [3.63, 3.8) is 0 Å². The average molecular weight is 375 g/mol. The minimum Gasteiger partial charge on any atom is -0.272 e. The number of aliphatic imine (C=N–C) groups is 1. The molecule has 0 radical (unpaired) electrons. The number of rotatable bonds is 2. The summed E-state index contributed by atoms with van der Waals surface area (Å²) in [6, 6.07) is 19.3. The second kappa shape index (κ2) is 6.26. The molecule has 3 nitrogen and oxygen atoms in total. The second-order valence-corrected chi connectivity index (χ2v) is 7.88. The van der Waals surface area contributed by atoms with Crippen molar-refractivity contribution in [2.45, 2.75) is 11.2 Å². The van der Waals surface area contributed by atoms with Crippen LogP contribution in [0.3, 0.4) is 0 Å². The maximum atomic E-state index is 12.8. The third-order valence-electron chi connectivity index (χ3n) is 3.31. The van der Waals surface area contributed by atoms with Gasteiger partial charge in [-0.3, -0.25) is 9.69 Å². The van der Waals surface area contributed by atoms with Crippen LogP contribution in [0, 0.1) is 0 Å². The van der Waals surface area contributed by atoms with Gasteiger partial charge in [0.15, 0.2) is 5.17 Å². The molecule has 2 aromatic rings. The maximum Gasteiger partial charge on any atom is 0.250 e. The lowest BCUT2D eigenvalue weighted by atomic mass is 10.1. The van der Waals surface area contributed by atoms with Gasteiger partial charge in [-0.15, -0.1) is 0 Å². The van der Waals surface area contributed by atoms with Crippen molar-refractivity contribution in [1.82, 2.24) is 0 Å². The summed E-state index contributed by atoms with van der Waals surface area (Å²) in [5.74, 6) is 0.660. The Labute approximate surface area is 142 Å². The van der Waals surface area contributed by atoms with Crippen molar-refractivity contribution in [1.29, 1.82) is 0 Å². The van der Waals surface area contributed by atoms with E-state index in [-0.39, 0.29) is 5.91 Å². The number of carbonyl (C=O) groups is 1. The molecule has 0 N–H and O–H groups in total. The Bertz CT molecular complexity index is 701. The highest BCUT2D eigenvalue weighted by Crippen LogP contribution is 2.36. The van der Waals surface area contributed by atoms with Crippen molar-refractivity contribution < 1.29 is 4.79 Å². The van der Waals surface area contributed by atoms with Gasteiger partial charge < -0.3 is 0 Å². The van der Waals surface area contributed by atoms with Crippen LogP contribution in [-0.2, 0) is 4.79 Å². The smallest absolute Gasteiger partial charge is 0.250 e. The molecule has 1 heterocycles. The predicted molar refractivity (Wildman–Crippen MR) is 97.3 cm³/mol. The SMILES string of the molecule is CC1(Br)CS/C(=N\c2ccccc2)N(c2ccccc2)C1=O. The van der Waals surface area contributed by atoms with E-state index in [2.05, 4.69) is 20.9 Å². The van der Waals surface area contributed by atoms with Crippen LogP contribution in [0.2, 0.25) is 0 Å². The molecule has 5 heteroatoms. The zero-order chi connectivity index (χ0) is 15.6. The van der Waals surface area contributed by atoms with E-state index >= 15 is 0 Å². The van der Waals surface area contributed by atoms with Crippen LogP contribution in [0.4, 0.5) is 11.4 Å². The maximum absolute atomic E-state index is 12.8. The van der Waals surface area contributed by atoms with Gasteiger partial charge in [-0.2, -0.15) is 0 Å². The van der Waals surface area contributed by atoms with Crippen LogP contribution in [-0.4, -0.2) is 21.2 Å². The number of anilines is 1. The number of halogens is 1. The largest absolute Gasteiger partial charge is 0.272 e. The normalized spacial score (nSPS) is 23.8. The Hall–Kier alpha value is -1.59. The summed E-state index contributed by atoms with van der Waals surface area (Å²) in [4.78, 5) is 19.2. The fourth-order valence-corrected chi connectivity index (χ4v) is 3.68. The number of hydrogen-bond donors (Lipinski definition) is 0. The molecule has 0 saturated carbocycles. The Morgan fingerprint density at radius 2 is 1.68 bits per heavy atom. The van der Waals surface area contributed by atoms with Gasteiger partial charge in [-0.05, 0) is 31.2 Å². The fourth-order valence-electron chi connectivity index (χ4n) is 2.15. The molecule has 0 aromatic heterocycles. The predicted octanol–water partition coefficient (Wildman–Crippen LogP) is 4.61. The molecule has 1 amide bonds. The quantitative estimate of drug-likeness (QED) is 0.719. The molecule has 1 saturated heterocycles. The summed E-state index contributed by atoms with van der Waals surface area (Å²) in [7, 11) is 0. The summed E-state index contributed by atoms with van der Waals surface area (Å²) in [5.41, 5.74) is 1.68. The summed E-state index contributed by atoms with van der Waals surface area (Å²) in [6.45, 7) is 1.90. The highest BCUT2D eigenvalue weighted by molar-refractivity contribution is 9.10. The van der Waals surface area contributed by atoms with E-state index in [9.17, 15) is 4.79 Å². The number of nitrogens with zero attached hydrogens (tertiary/aromatic N) is 2. The molecule has 2 aromatic carbocycles. The Kier molecular flexibility index (Phi) is 4.36. The first-order valence-electron chi connectivity index (χ1n) is 6.93. The number of carbonyl (C=O) groups excluding carboxylic acids is 1. The number of benzene rings is 2. The number of amides is 1. The monoisotopic (exact) mass is 374 g/mol. The number of hydrogen-bond acceptors (Lipinski definition) is 3. The van der Waals surface area contributed by atoms with Gasteiger partial charge in [0.1, 0.15) is 4.32 Å². The summed E-state index contributed by atoms with van der Waals surface area (Å²) >= 11 is 5.12. The van der Waals surface area contributed by atoms with Crippen molar-refractivity contribution in [3.05, 3.63) is 60.7 Å². The fraction of sp³-hybridized carbons (Fsp3) is 0.176. The van der Waals surface area contributed by atoms with Crippen molar-refractivity contribution in [2.75, 3.05) is 10.7 Å². The Balaban J connectivity index is 2.05. The van der Waals surface area contributed by atoms with Crippen LogP contribution in [0.25, 0.3) is 0 Å². The van der Waals surface area contributed by atoms with Gasteiger partial charge in [-0.1, -0.05) is 64.1 Å². The standard InChI is InChI=1S/C17H15BrN2OS/c1-17(18)12-22-16(19-13-8-4-2-5-9-13)20(15(17)21)14-10-6-3-7-11-14/h2-11H,12H2,1H3/b19-16-. The first-order valence-corrected chi connectivity index (χ1v) is 8.71. The number of alkyl halides is 1. The molecular formula is C17H15BrN2OS. The van der Waals surface area contributed by atoms with E-state index < -0.39 is 4.32 Å². The molecule has 1 aliphatic heterocycles. The zero-order valence-electron chi connectivity index (χ0n) is 12.1. The van der Waals surface area contributed by atoms with Gasteiger partial charge in [0, 0.05) is 5.75 Å². The Morgan fingerprint density at radius 3 is 2.32 bits per heavy atom. The zero-order valence-corrected chi connectivity index (χ0v) is 14.5. The molecule has 0 bridgehead atoms. The lowest BCUT2D eigenvalue weighted by Gasteiger charge is -2.36. The van der Waals surface area contributed by atoms with Gasteiger partial charge in [0.2, 0.25) is 0 Å². The molecule has 0 spiro atoms. The molecule has 1 fully saturated rings. The molecule has 22 heavy (non-hydrogen) atoms. The molecule has 1 aliphatic rings. The molecule has 0 aliphatic carbocycles. The molecule has 1 unspecified atom stereocenters. The van der Waals surface area contributed by atoms with E-state index in [1.54, 1.807) is 16.7 Å². The van der Waals surface area contributed by atoms with E-state index in [1.807, 2.05) is 67.6 Å². The van der Waals surface area contributed by atoms with Crippen LogP contribution >= 0.6 is 27.7 Å². The van der Waals surface area contributed by atoms with Crippen LogP contribution in [0.1, 0.15) is 6.92 Å². The lowest BCUT2D eigenvalue weighted by molar-refractivity contribution is -0.119. The first-order chi connectivity index (χ1) is 10.6. The third-order valence-corrected chi connectivity index (χ3v) is 5.55. The summed E-state index contributed by atoms with van der Waals surface area (Å²) in [5, 5.41) is 0.708. The third kappa shape index (κ3) is 3.10. The summed E-state index contributed by atoms with van der Waals surface area (Å²) in [6.07, 6.45) is 0. The highest BCUT2D eigenvalue weighted by atomic mass is 79.9. The van der Waals surface area contributed by atoms with E-state index in [0.717, 1.165) is 11.4 Å². The lowest BCUT2D eigenvalue weighted by Crippen LogP contribution is -2.51. The minimum absolute atomic E-state index is 0.00660. The average Bonchev–Trinajstić information content (AvgIpc) is 2.53. The van der Waals surface area contributed by atoms with Gasteiger partial charge in [-0.25, -0.2) is 4.99 Å². The number of thioether (sulfide) groups is 1. The van der Waals surface area contributed by atoms with E-state index in [0.29, 0.717) is 10.9 Å². The number of para-hydroxylation sites is 2. The van der Waals surface area contributed by atoms with Gasteiger partial charge >= 0.3 is 0 Å². The summed E-state index contributed by atoms with van der Waals surface area (Å²) < 4.78 is -0.580. The van der Waals surface area contributed by atoms with Crippen LogP contribution in [0.15, 0.2) is 65.7 Å². The van der Waals surface area contributed by atoms with Gasteiger partial charge in [0.05, 0.1) is 11.4 Å². The molecule has 112 valence electrons. The topological polar surface area (TPSA) is 32.7 Å². The number of amidine groups is 1. The van der Waals surface area contributed by atoms with Crippen LogP contribution in [0.5, 0.6) is 0 Å². The van der Waals surface area contributed by atoms with Crippen molar-refractivity contribution in [3.8, 4) is 0 Å². The minimum atomic E-state index is -0.580. The Morgan fingerprint density at radius 1 is 1.09 bits per heavy atom. The van der Waals surface area contributed by atoms with E-state index in [4.69, 9.17) is 0 Å². The highest BCUT2D eigenvalue weighted by Gasteiger charge is 2.42. The van der Waals surface area contributed by atoms with Gasteiger partial charge in [0.25, 0.3) is 5.91 Å². The first kappa shape index (κ1) is 15.3. The molecule has 1 atom stereocenters. The van der Waals surface area contributed by atoms with Crippen LogP contribution < -0.4 is 4.90 Å². The van der Waals surface area contributed by atoms with E-state index in [1.165, 1.54) is 0 Å². The van der Waals surface area contributed by atoms with Crippen molar-refractivity contribution in [2.24, 2.45) is 4.99 Å².